The van der Waals surface area contributed by atoms with E-state index in [4.69, 9.17) is 23.2 Å². The quantitative estimate of drug-likeness (QED) is 0.515. The Morgan fingerprint density at radius 2 is 2.19 bits per heavy atom. The molecule has 0 heterocycles. The van der Waals surface area contributed by atoms with Crippen LogP contribution in [-0.4, -0.2) is 16.7 Å². The fraction of sp³-hybridized carbons (Fsp3) is 0.222. The number of non-ortho nitro benzene ring substituents is 1. The van der Waals surface area contributed by atoms with Crippen LogP contribution in [0.5, 0.6) is 0 Å². The number of carbonyl (C=O) groups is 1. The van der Waals surface area contributed by atoms with Crippen LogP contribution in [0, 0.1) is 10.1 Å². The van der Waals surface area contributed by atoms with Gasteiger partial charge in [0.2, 0.25) is 5.91 Å². The molecule has 0 aliphatic rings. The summed E-state index contributed by atoms with van der Waals surface area (Å²) in [4.78, 5) is 21.2. The molecule has 0 fully saturated rings. The molecule has 0 saturated heterocycles. The van der Waals surface area contributed by atoms with Crippen molar-refractivity contribution in [2.75, 3.05) is 11.2 Å². The highest BCUT2D eigenvalue weighted by Crippen LogP contribution is 2.26. The number of halogens is 2. The Bertz CT molecular complexity index is 423. The van der Waals surface area contributed by atoms with Gasteiger partial charge in [-0.1, -0.05) is 11.6 Å². The second-order valence-electron chi connectivity index (χ2n) is 2.91. The van der Waals surface area contributed by atoms with Crippen molar-refractivity contribution in [3.63, 3.8) is 0 Å². The van der Waals surface area contributed by atoms with Crippen molar-refractivity contribution in [3.05, 3.63) is 33.3 Å². The number of nitro benzene ring substituents is 1. The Hall–Kier alpha value is -1.33. The van der Waals surface area contributed by atoms with Crippen LogP contribution >= 0.6 is 23.2 Å². The number of alkyl halides is 1. The lowest BCUT2D eigenvalue weighted by Crippen LogP contribution is -2.12. The summed E-state index contributed by atoms with van der Waals surface area (Å²) in [5.41, 5.74) is 0.0801. The third-order valence-electron chi connectivity index (χ3n) is 1.76. The Morgan fingerprint density at radius 3 is 2.75 bits per heavy atom. The van der Waals surface area contributed by atoms with Crippen LogP contribution in [0.4, 0.5) is 11.4 Å². The molecule has 7 heteroatoms. The molecule has 0 spiro atoms. The van der Waals surface area contributed by atoms with Gasteiger partial charge in [0.05, 0.1) is 15.6 Å². The number of anilines is 1. The number of hydrogen-bond donors (Lipinski definition) is 1. The summed E-state index contributed by atoms with van der Waals surface area (Å²) in [6, 6.07) is 3.82. The van der Waals surface area contributed by atoms with Gasteiger partial charge in [0.1, 0.15) is 0 Å². The number of hydrogen-bond acceptors (Lipinski definition) is 3. The fourth-order valence-corrected chi connectivity index (χ4v) is 1.36. The van der Waals surface area contributed by atoms with Crippen molar-refractivity contribution in [1.82, 2.24) is 0 Å². The summed E-state index contributed by atoms with van der Waals surface area (Å²) in [7, 11) is 0. The zero-order valence-electron chi connectivity index (χ0n) is 8.07. The SMILES string of the molecule is O=C(CCCl)Nc1cc([N+](=O)[O-])ccc1Cl. The number of benzene rings is 1. The van der Waals surface area contributed by atoms with E-state index in [0.717, 1.165) is 0 Å². The zero-order valence-corrected chi connectivity index (χ0v) is 9.59. The van der Waals surface area contributed by atoms with E-state index < -0.39 is 4.92 Å². The first kappa shape index (κ1) is 12.7. The first-order valence-corrected chi connectivity index (χ1v) is 5.25. The molecular weight excluding hydrogens is 255 g/mol. The van der Waals surface area contributed by atoms with Gasteiger partial charge in [0.15, 0.2) is 0 Å². The highest BCUT2D eigenvalue weighted by molar-refractivity contribution is 6.33. The highest BCUT2D eigenvalue weighted by Gasteiger charge is 2.11. The Morgan fingerprint density at radius 1 is 1.50 bits per heavy atom. The topological polar surface area (TPSA) is 72.2 Å². The standard InChI is InChI=1S/C9H8Cl2N2O3/c10-4-3-9(14)12-8-5-6(13(15)16)1-2-7(8)11/h1-2,5H,3-4H2,(H,12,14). The zero-order chi connectivity index (χ0) is 12.1. The van der Waals surface area contributed by atoms with Gasteiger partial charge in [-0.25, -0.2) is 0 Å². The van der Waals surface area contributed by atoms with Crippen LogP contribution in [0.15, 0.2) is 18.2 Å². The maximum Gasteiger partial charge on any atom is 0.271 e. The predicted molar refractivity (Wildman–Crippen MR) is 62.1 cm³/mol. The lowest BCUT2D eigenvalue weighted by Gasteiger charge is -2.05. The van der Waals surface area contributed by atoms with E-state index in [9.17, 15) is 14.9 Å². The number of nitro groups is 1. The minimum Gasteiger partial charge on any atom is -0.325 e. The molecule has 1 aromatic carbocycles. The molecule has 1 aromatic rings. The number of nitrogens with one attached hydrogen (secondary N) is 1. The van der Waals surface area contributed by atoms with Gasteiger partial charge in [-0.05, 0) is 6.07 Å². The second-order valence-corrected chi connectivity index (χ2v) is 3.69. The van der Waals surface area contributed by atoms with E-state index in [-0.39, 0.29) is 34.6 Å². The van der Waals surface area contributed by atoms with Gasteiger partial charge in [-0.15, -0.1) is 11.6 Å². The van der Waals surface area contributed by atoms with Gasteiger partial charge in [-0.2, -0.15) is 0 Å². The van der Waals surface area contributed by atoms with E-state index in [1.54, 1.807) is 0 Å². The van der Waals surface area contributed by atoms with E-state index in [1.807, 2.05) is 0 Å². The molecular formula is C9H8Cl2N2O3. The molecule has 0 saturated carbocycles. The van der Waals surface area contributed by atoms with Crippen LogP contribution in [0.25, 0.3) is 0 Å². The highest BCUT2D eigenvalue weighted by atomic mass is 35.5. The third kappa shape index (κ3) is 3.36. The molecule has 0 unspecified atom stereocenters. The van der Waals surface area contributed by atoms with Crippen molar-refractivity contribution >= 4 is 40.5 Å². The summed E-state index contributed by atoms with van der Waals surface area (Å²) in [5, 5.41) is 13.2. The molecule has 0 aliphatic heterocycles. The van der Waals surface area contributed by atoms with Gasteiger partial charge >= 0.3 is 0 Å². The second kappa shape index (κ2) is 5.67. The van der Waals surface area contributed by atoms with Crippen molar-refractivity contribution < 1.29 is 9.72 Å². The predicted octanol–water partition coefficient (Wildman–Crippen LogP) is 2.82. The Kier molecular flexibility index (Phi) is 4.52. The Labute approximate surface area is 101 Å². The number of rotatable bonds is 4. The average Bonchev–Trinajstić information content (AvgIpc) is 2.21. The molecule has 0 aromatic heterocycles. The molecule has 1 rings (SSSR count). The molecule has 86 valence electrons. The first-order valence-electron chi connectivity index (χ1n) is 4.34. The molecule has 16 heavy (non-hydrogen) atoms. The largest absolute Gasteiger partial charge is 0.325 e. The van der Waals surface area contributed by atoms with Crippen molar-refractivity contribution in [1.29, 1.82) is 0 Å². The van der Waals surface area contributed by atoms with E-state index in [2.05, 4.69) is 5.32 Å². The Balaban J connectivity index is 2.90. The summed E-state index contributed by atoms with van der Waals surface area (Å²) < 4.78 is 0. The van der Waals surface area contributed by atoms with Crippen molar-refractivity contribution in [3.8, 4) is 0 Å². The van der Waals surface area contributed by atoms with E-state index in [0.29, 0.717) is 0 Å². The molecule has 0 radical (unpaired) electrons. The lowest BCUT2D eigenvalue weighted by atomic mass is 10.2. The van der Waals surface area contributed by atoms with E-state index in [1.165, 1.54) is 18.2 Å². The van der Waals surface area contributed by atoms with Crippen LogP contribution in [-0.2, 0) is 4.79 Å². The molecule has 0 atom stereocenters. The maximum absolute atomic E-state index is 11.2. The minimum atomic E-state index is -0.562. The van der Waals surface area contributed by atoms with E-state index >= 15 is 0 Å². The van der Waals surface area contributed by atoms with Gasteiger partial charge in [0, 0.05) is 24.4 Å². The molecule has 0 bridgehead atoms. The third-order valence-corrected chi connectivity index (χ3v) is 2.27. The smallest absolute Gasteiger partial charge is 0.271 e. The van der Waals surface area contributed by atoms with Gasteiger partial charge < -0.3 is 5.32 Å². The lowest BCUT2D eigenvalue weighted by molar-refractivity contribution is -0.384. The molecule has 1 N–H and O–H groups in total. The van der Waals surface area contributed by atoms with Crippen LogP contribution in [0.1, 0.15) is 6.42 Å². The summed E-state index contributed by atoms with van der Waals surface area (Å²) >= 11 is 11.2. The minimum absolute atomic E-state index is 0.126. The monoisotopic (exact) mass is 262 g/mol. The normalized spacial score (nSPS) is 9.88. The number of carbonyl (C=O) groups excluding carboxylic acids is 1. The number of amides is 1. The van der Waals surface area contributed by atoms with Crippen LogP contribution < -0.4 is 5.32 Å². The molecule has 0 aliphatic carbocycles. The number of nitrogens with zero attached hydrogens (tertiary/aromatic N) is 1. The molecule has 5 nitrogen and oxygen atoms in total. The van der Waals surface area contributed by atoms with Crippen molar-refractivity contribution in [2.45, 2.75) is 6.42 Å². The van der Waals surface area contributed by atoms with Crippen LogP contribution in [0.3, 0.4) is 0 Å². The van der Waals surface area contributed by atoms with Gasteiger partial charge in [-0.3, -0.25) is 14.9 Å². The summed E-state index contributed by atoms with van der Waals surface area (Å²) in [5.74, 6) is -0.157. The molecule has 1 amide bonds. The first-order chi connectivity index (χ1) is 7.54. The maximum atomic E-state index is 11.2. The van der Waals surface area contributed by atoms with Crippen molar-refractivity contribution in [2.24, 2.45) is 0 Å². The van der Waals surface area contributed by atoms with Gasteiger partial charge in [0.25, 0.3) is 5.69 Å². The summed E-state index contributed by atoms with van der Waals surface area (Å²) in [6.45, 7) is 0. The average molecular weight is 263 g/mol. The fourth-order valence-electron chi connectivity index (χ4n) is 1.02. The summed E-state index contributed by atoms with van der Waals surface area (Å²) in [6.07, 6.45) is 0.126. The van der Waals surface area contributed by atoms with Crippen LogP contribution in [0.2, 0.25) is 5.02 Å².